The van der Waals surface area contributed by atoms with E-state index < -0.39 is 0 Å². The van der Waals surface area contributed by atoms with Crippen LogP contribution in [0.5, 0.6) is 11.5 Å². The van der Waals surface area contributed by atoms with Crippen molar-refractivity contribution in [3.63, 3.8) is 0 Å². The smallest absolute Gasteiger partial charge is 0.254 e. The molecule has 7 heteroatoms. The first-order valence-corrected chi connectivity index (χ1v) is 9.71. The molecule has 1 N–H and O–H groups in total. The van der Waals surface area contributed by atoms with Gasteiger partial charge in [-0.25, -0.2) is 0 Å². The van der Waals surface area contributed by atoms with Gasteiger partial charge in [-0.15, -0.1) is 0 Å². The van der Waals surface area contributed by atoms with Crippen LogP contribution in [0, 0.1) is 0 Å². The summed E-state index contributed by atoms with van der Waals surface area (Å²) in [6.45, 7) is 1.41. The monoisotopic (exact) mass is 406 g/mol. The molecule has 154 valence electrons. The molecule has 1 aromatic heterocycles. The van der Waals surface area contributed by atoms with Crippen LogP contribution in [-0.2, 0) is 17.9 Å². The summed E-state index contributed by atoms with van der Waals surface area (Å²) in [6.07, 6.45) is 1.55. The molecule has 0 radical (unpaired) electrons. The predicted octanol–water partition coefficient (Wildman–Crippen LogP) is 3.01. The first kappa shape index (κ1) is 19.6. The molecule has 0 spiro atoms. The zero-order chi connectivity index (χ0) is 20.8. The number of hydrogen-bond donors (Lipinski definition) is 1. The molecule has 0 unspecified atom stereocenters. The van der Waals surface area contributed by atoms with E-state index in [0.29, 0.717) is 42.6 Å². The van der Waals surface area contributed by atoms with Crippen LogP contribution in [0.3, 0.4) is 0 Å². The molecule has 3 aromatic rings. The normalized spacial score (nSPS) is 12.3. The molecule has 1 aliphatic heterocycles. The van der Waals surface area contributed by atoms with Crippen molar-refractivity contribution in [2.24, 2.45) is 0 Å². The maximum atomic E-state index is 13.2. The molecule has 2 amide bonds. The van der Waals surface area contributed by atoms with Gasteiger partial charge in [0, 0.05) is 12.1 Å². The van der Waals surface area contributed by atoms with E-state index >= 15 is 0 Å². The molecule has 2 aromatic carbocycles. The molecule has 0 fully saturated rings. The first-order valence-electron chi connectivity index (χ1n) is 9.71. The number of ether oxygens (including phenoxy) is 2. The Morgan fingerprint density at radius 1 is 0.933 bits per heavy atom. The van der Waals surface area contributed by atoms with Gasteiger partial charge >= 0.3 is 0 Å². The van der Waals surface area contributed by atoms with Gasteiger partial charge in [-0.1, -0.05) is 30.3 Å². The summed E-state index contributed by atoms with van der Waals surface area (Å²) >= 11 is 0. The second-order valence-corrected chi connectivity index (χ2v) is 6.86. The topological polar surface area (TPSA) is 81.0 Å². The average Bonchev–Trinajstić information content (AvgIpc) is 3.31. The SMILES string of the molecule is O=C(CN(Cc1ccccc1)C(=O)c1ccc2c(c1)OCCO2)NCc1ccco1. The van der Waals surface area contributed by atoms with Crippen LogP contribution in [0.25, 0.3) is 0 Å². The molecular formula is C23H22N2O5. The van der Waals surface area contributed by atoms with Gasteiger partial charge in [0.05, 0.1) is 12.8 Å². The van der Waals surface area contributed by atoms with Crippen molar-refractivity contribution in [2.45, 2.75) is 13.1 Å². The van der Waals surface area contributed by atoms with Crippen LogP contribution in [-0.4, -0.2) is 36.5 Å². The Labute approximate surface area is 174 Å². The summed E-state index contributed by atoms with van der Waals surface area (Å²) < 4.78 is 16.3. The number of carbonyl (C=O) groups excluding carboxylic acids is 2. The van der Waals surface area contributed by atoms with E-state index in [1.54, 1.807) is 36.6 Å². The Kier molecular flexibility index (Phi) is 5.98. The Hall–Kier alpha value is -3.74. The molecule has 0 atom stereocenters. The fourth-order valence-electron chi connectivity index (χ4n) is 3.19. The van der Waals surface area contributed by atoms with Gasteiger partial charge < -0.3 is 24.1 Å². The van der Waals surface area contributed by atoms with E-state index in [1.807, 2.05) is 30.3 Å². The lowest BCUT2D eigenvalue weighted by Crippen LogP contribution is -2.40. The molecular weight excluding hydrogens is 384 g/mol. The van der Waals surface area contributed by atoms with Crippen molar-refractivity contribution in [1.29, 1.82) is 0 Å². The number of hydrogen-bond acceptors (Lipinski definition) is 5. The van der Waals surface area contributed by atoms with Crippen LogP contribution < -0.4 is 14.8 Å². The summed E-state index contributed by atoms with van der Waals surface area (Å²) in [7, 11) is 0. The predicted molar refractivity (Wildman–Crippen MR) is 109 cm³/mol. The van der Waals surface area contributed by atoms with Gasteiger partial charge in [-0.05, 0) is 35.9 Å². The highest BCUT2D eigenvalue weighted by Gasteiger charge is 2.22. The van der Waals surface area contributed by atoms with E-state index in [1.165, 1.54) is 4.90 Å². The number of amides is 2. The lowest BCUT2D eigenvalue weighted by molar-refractivity contribution is -0.122. The lowest BCUT2D eigenvalue weighted by atomic mass is 10.1. The van der Waals surface area contributed by atoms with Crippen molar-refractivity contribution in [2.75, 3.05) is 19.8 Å². The van der Waals surface area contributed by atoms with Crippen LogP contribution in [0.2, 0.25) is 0 Å². The summed E-state index contributed by atoms with van der Waals surface area (Å²) in [4.78, 5) is 27.3. The van der Waals surface area contributed by atoms with E-state index in [-0.39, 0.29) is 24.9 Å². The zero-order valence-electron chi connectivity index (χ0n) is 16.4. The summed E-state index contributed by atoms with van der Waals surface area (Å²) in [6, 6.07) is 18.2. The Morgan fingerprint density at radius 3 is 2.50 bits per heavy atom. The second kappa shape index (κ2) is 9.17. The molecule has 0 saturated carbocycles. The average molecular weight is 406 g/mol. The number of carbonyl (C=O) groups is 2. The Bertz CT molecular complexity index is 1000. The minimum Gasteiger partial charge on any atom is -0.486 e. The highest BCUT2D eigenvalue weighted by atomic mass is 16.6. The number of benzene rings is 2. The van der Waals surface area contributed by atoms with E-state index in [2.05, 4.69) is 5.32 Å². The molecule has 0 bridgehead atoms. The molecule has 4 rings (SSSR count). The third-order valence-corrected chi connectivity index (χ3v) is 4.67. The quantitative estimate of drug-likeness (QED) is 0.652. The number of fused-ring (bicyclic) bond motifs is 1. The molecule has 1 aliphatic rings. The molecule has 0 saturated heterocycles. The number of furan rings is 1. The van der Waals surface area contributed by atoms with Crippen molar-refractivity contribution < 1.29 is 23.5 Å². The van der Waals surface area contributed by atoms with Gasteiger partial charge in [-0.3, -0.25) is 9.59 Å². The summed E-state index contributed by atoms with van der Waals surface area (Å²) in [5.74, 6) is 1.27. The van der Waals surface area contributed by atoms with Crippen molar-refractivity contribution in [3.05, 3.63) is 83.8 Å². The Balaban J connectivity index is 1.50. The largest absolute Gasteiger partial charge is 0.486 e. The molecule has 0 aliphatic carbocycles. The van der Waals surface area contributed by atoms with Crippen LogP contribution in [0.4, 0.5) is 0 Å². The van der Waals surface area contributed by atoms with Gasteiger partial charge in [0.25, 0.3) is 5.91 Å². The minimum absolute atomic E-state index is 0.0805. The maximum absolute atomic E-state index is 13.2. The van der Waals surface area contributed by atoms with Gasteiger partial charge in [0.2, 0.25) is 5.91 Å². The number of nitrogens with zero attached hydrogens (tertiary/aromatic N) is 1. The number of nitrogens with one attached hydrogen (secondary N) is 1. The van der Waals surface area contributed by atoms with Crippen LogP contribution in [0.1, 0.15) is 21.7 Å². The fourth-order valence-corrected chi connectivity index (χ4v) is 3.19. The van der Waals surface area contributed by atoms with Gasteiger partial charge in [0.1, 0.15) is 25.5 Å². The summed E-state index contributed by atoms with van der Waals surface area (Å²) in [5.41, 5.74) is 1.37. The maximum Gasteiger partial charge on any atom is 0.254 e. The van der Waals surface area contributed by atoms with Crippen LogP contribution >= 0.6 is 0 Å². The molecule has 7 nitrogen and oxygen atoms in total. The van der Waals surface area contributed by atoms with Crippen LogP contribution in [0.15, 0.2) is 71.3 Å². The highest BCUT2D eigenvalue weighted by Crippen LogP contribution is 2.31. The first-order chi connectivity index (χ1) is 14.7. The van der Waals surface area contributed by atoms with Crippen molar-refractivity contribution >= 4 is 11.8 Å². The highest BCUT2D eigenvalue weighted by molar-refractivity contribution is 5.97. The molecule has 2 heterocycles. The fraction of sp³-hybridized carbons (Fsp3) is 0.217. The third kappa shape index (κ3) is 4.81. The Morgan fingerprint density at radius 2 is 1.73 bits per heavy atom. The standard InChI is InChI=1S/C23H22N2O5/c26-22(24-14-19-7-4-10-28-19)16-25(15-17-5-2-1-3-6-17)23(27)18-8-9-20-21(13-18)30-12-11-29-20/h1-10,13H,11-12,14-16H2,(H,24,26). The van der Waals surface area contributed by atoms with Crippen molar-refractivity contribution in [3.8, 4) is 11.5 Å². The lowest BCUT2D eigenvalue weighted by Gasteiger charge is -2.24. The van der Waals surface area contributed by atoms with E-state index in [0.717, 1.165) is 5.56 Å². The third-order valence-electron chi connectivity index (χ3n) is 4.67. The van der Waals surface area contributed by atoms with Crippen molar-refractivity contribution in [1.82, 2.24) is 10.2 Å². The van der Waals surface area contributed by atoms with Gasteiger partial charge in [-0.2, -0.15) is 0 Å². The van der Waals surface area contributed by atoms with E-state index in [9.17, 15) is 9.59 Å². The second-order valence-electron chi connectivity index (χ2n) is 6.86. The summed E-state index contributed by atoms with van der Waals surface area (Å²) in [5, 5.41) is 2.79. The number of rotatable bonds is 7. The van der Waals surface area contributed by atoms with Gasteiger partial charge in [0.15, 0.2) is 11.5 Å². The molecule has 30 heavy (non-hydrogen) atoms. The minimum atomic E-state index is -0.270. The zero-order valence-corrected chi connectivity index (χ0v) is 16.4. The van der Waals surface area contributed by atoms with E-state index in [4.69, 9.17) is 13.9 Å².